The second kappa shape index (κ2) is 10.1. The zero-order valence-electron chi connectivity index (χ0n) is 20.9. The number of alkyl carbamates (subject to hydrolysis) is 1. The predicted octanol–water partition coefficient (Wildman–Crippen LogP) is 5.68. The molecule has 6 rings (SSSR count). The fourth-order valence-electron chi connectivity index (χ4n) is 5.56. The molecule has 0 saturated heterocycles. The number of benzene rings is 4. The molecule has 4 aromatic rings. The Hall–Kier alpha value is -4.91. The minimum absolute atomic E-state index is 0.0340. The third-order valence-corrected chi connectivity index (χ3v) is 7.33. The van der Waals surface area contributed by atoms with Crippen LogP contribution in [0.2, 0.25) is 0 Å². The number of carboxylic acids is 1. The first-order valence-corrected chi connectivity index (χ1v) is 12.7. The zero-order chi connectivity index (χ0) is 26.9. The highest BCUT2D eigenvalue weighted by molar-refractivity contribution is 5.86. The molecule has 39 heavy (non-hydrogen) atoms. The van der Waals surface area contributed by atoms with E-state index >= 15 is 0 Å². The Morgan fingerprint density at radius 3 is 1.62 bits per heavy atom. The van der Waals surface area contributed by atoms with Crippen LogP contribution in [0, 0.1) is 0 Å². The molecule has 2 aliphatic carbocycles. The molecule has 0 heterocycles. The maximum Gasteiger partial charge on any atom is 0.407 e. The SMILES string of the molecule is O=C(C[C@@H](NC(=O)OCC1c2ccccc2-c2ccccc21)C(=O)O)OC1c2ccccc2-c2ccccc21. The number of hydrogen-bond donors (Lipinski definition) is 2. The molecule has 2 N–H and O–H groups in total. The first-order valence-electron chi connectivity index (χ1n) is 12.7. The van der Waals surface area contributed by atoms with Crippen molar-refractivity contribution in [2.75, 3.05) is 6.61 Å². The van der Waals surface area contributed by atoms with Crippen molar-refractivity contribution in [1.29, 1.82) is 0 Å². The monoisotopic (exact) mass is 519 g/mol. The summed E-state index contributed by atoms with van der Waals surface area (Å²) in [6.45, 7) is 0.0340. The minimum atomic E-state index is -1.50. The number of rotatable bonds is 7. The van der Waals surface area contributed by atoms with Crippen molar-refractivity contribution in [2.45, 2.75) is 24.5 Å². The molecule has 1 amide bonds. The van der Waals surface area contributed by atoms with Gasteiger partial charge in [0.25, 0.3) is 0 Å². The van der Waals surface area contributed by atoms with Crippen LogP contribution in [0.4, 0.5) is 4.79 Å². The van der Waals surface area contributed by atoms with E-state index in [4.69, 9.17) is 9.47 Å². The number of fused-ring (bicyclic) bond motifs is 6. The molecular formula is C32H25NO6. The van der Waals surface area contributed by atoms with E-state index in [1.807, 2.05) is 97.1 Å². The van der Waals surface area contributed by atoms with Crippen molar-refractivity contribution in [3.05, 3.63) is 119 Å². The molecule has 0 fully saturated rings. The van der Waals surface area contributed by atoms with E-state index in [0.717, 1.165) is 44.5 Å². The van der Waals surface area contributed by atoms with Gasteiger partial charge in [-0.1, -0.05) is 97.1 Å². The Balaban J connectivity index is 1.11. The van der Waals surface area contributed by atoms with Crippen molar-refractivity contribution >= 4 is 18.0 Å². The van der Waals surface area contributed by atoms with Gasteiger partial charge in [0.1, 0.15) is 12.6 Å². The van der Waals surface area contributed by atoms with E-state index < -0.39 is 36.6 Å². The number of hydrogen-bond acceptors (Lipinski definition) is 5. The number of carbonyl (C=O) groups is 3. The summed E-state index contributed by atoms with van der Waals surface area (Å²) in [7, 11) is 0. The molecule has 4 aromatic carbocycles. The molecule has 0 bridgehead atoms. The number of carboxylic acid groups (broad SMARTS) is 1. The number of carbonyl (C=O) groups excluding carboxylic acids is 2. The largest absolute Gasteiger partial charge is 0.480 e. The van der Waals surface area contributed by atoms with Gasteiger partial charge in [-0.25, -0.2) is 9.59 Å². The van der Waals surface area contributed by atoms with Gasteiger partial charge in [0.05, 0.1) is 6.42 Å². The maximum atomic E-state index is 12.9. The molecule has 7 heteroatoms. The lowest BCUT2D eigenvalue weighted by Gasteiger charge is -2.19. The molecule has 0 unspecified atom stereocenters. The second-order valence-corrected chi connectivity index (χ2v) is 9.61. The average Bonchev–Trinajstić information content (AvgIpc) is 3.44. The van der Waals surface area contributed by atoms with Gasteiger partial charge >= 0.3 is 18.0 Å². The van der Waals surface area contributed by atoms with E-state index in [1.165, 1.54) is 0 Å². The summed E-state index contributed by atoms with van der Waals surface area (Å²) in [5.41, 5.74) is 7.87. The van der Waals surface area contributed by atoms with Crippen molar-refractivity contribution in [2.24, 2.45) is 0 Å². The highest BCUT2D eigenvalue weighted by atomic mass is 16.6. The van der Waals surface area contributed by atoms with Gasteiger partial charge in [-0.05, 0) is 33.4 Å². The lowest BCUT2D eigenvalue weighted by molar-refractivity contribution is -0.152. The summed E-state index contributed by atoms with van der Waals surface area (Å²) in [6, 6.07) is 29.6. The number of ether oxygens (including phenoxy) is 2. The number of nitrogens with one attached hydrogen (secondary N) is 1. The summed E-state index contributed by atoms with van der Waals surface area (Å²) >= 11 is 0. The molecule has 1 atom stereocenters. The van der Waals surface area contributed by atoms with E-state index in [1.54, 1.807) is 0 Å². The minimum Gasteiger partial charge on any atom is -0.480 e. The van der Waals surface area contributed by atoms with E-state index in [0.29, 0.717) is 0 Å². The van der Waals surface area contributed by atoms with Crippen LogP contribution in [0.1, 0.15) is 40.7 Å². The van der Waals surface area contributed by atoms with Crippen LogP contribution in [-0.4, -0.2) is 35.8 Å². The molecule has 194 valence electrons. The standard InChI is InChI=1S/C32H25NO6/c34-29(39-30-25-15-7-5-11-21(25)22-12-6-8-16-26(22)30)17-28(31(35)36)33-32(37)38-18-27-23-13-3-1-9-19(23)20-10-2-4-14-24(20)27/h1-16,27-28,30H,17-18H2,(H,33,37)(H,35,36)/t28-/m1/s1. The van der Waals surface area contributed by atoms with Crippen LogP contribution in [-0.2, 0) is 19.1 Å². The van der Waals surface area contributed by atoms with Gasteiger partial charge < -0.3 is 19.9 Å². The first-order chi connectivity index (χ1) is 19.0. The third-order valence-electron chi connectivity index (χ3n) is 7.33. The molecule has 0 saturated carbocycles. The van der Waals surface area contributed by atoms with Crippen LogP contribution < -0.4 is 5.32 Å². The first kappa shape index (κ1) is 24.4. The Morgan fingerprint density at radius 2 is 1.13 bits per heavy atom. The van der Waals surface area contributed by atoms with Crippen molar-refractivity contribution in [3.8, 4) is 22.3 Å². The van der Waals surface area contributed by atoms with Gasteiger partial charge in [0, 0.05) is 17.0 Å². The maximum absolute atomic E-state index is 12.9. The van der Waals surface area contributed by atoms with Crippen molar-refractivity contribution in [3.63, 3.8) is 0 Å². The predicted molar refractivity (Wildman–Crippen MR) is 144 cm³/mol. The lowest BCUT2D eigenvalue weighted by Crippen LogP contribution is -2.43. The number of esters is 1. The normalized spacial score (nSPS) is 13.9. The van der Waals surface area contributed by atoms with Gasteiger partial charge in [-0.2, -0.15) is 0 Å². The smallest absolute Gasteiger partial charge is 0.407 e. The Kier molecular flexibility index (Phi) is 6.32. The van der Waals surface area contributed by atoms with E-state index in [2.05, 4.69) is 5.32 Å². The molecule has 0 aromatic heterocycles. The highest BCUT2D eigenvalue weighted by Crippen LogP contribution is 2.46. The van der Waals surface area contributed by atoms with Crippen molar-refractivity contribution in [1.82, 2.24) is 5.32 Å². The topological polar surface area (TPSA) is 102 Å². The van der Waals surface area contributed by atoms with Gasteiger partial charge in [0.2, 0.25) is 0 Å². The van der Waals surface area contributed by atoms with Crippen LogP contribution in [0.3, 0.4) is 0 Å². The van der Waals surface area contributed by atoms with Gasteiger partial charge in [0.15, 0.2) is 6.10 Å². The van der Waals surface area contributed by atoms with Crippen LogP contribution in [0.25, 0.3) is 22.3 Å². The molecule has 0 spiro atoms. The lowest BCUT2D eigenvalue weighted by atomic mass is 9.98. The molecule has 0 aliphatic heterocycles. The van der Waals surface area contributed by atoms with Gasteiger partial charge in [-0.3, -0.25) is 4.79 Å². The zero-order valence-corrected chi connectivity index (χ0v) is 20.9. The van der Waals surface area contributed by atoms with Crippen LogP contribution >= 0.6 is 0 Å². The van der Waals surface area contributed by atoms with Crippen LogP contribution in [0.5, 0.6) is 0 Å². The molecule has 7 nitrogen and oxygen atoms in total. The number of aliphatic carboxylic acids is 1. The highest BCUT2D eigenvalue weighted by Gasteiger charge is 2.34. The summed E-state index contributed by atoms with van der Waals surface area (Å²) < 4.78 is 11.2. The van der Waals surface area contributed by atoms with Crippen LogP contribution in [0.15, 0.2) is 97.1 Å². The van der Waals surface area contributed by atoms with Crippen molar-refractivity contribution < 1.29 is 29.0 Å². The summed E-state index contributed by atoms with van der Waals surface area (Å²) in [6.07, 6.45) is -2.09. The molecule has 2 aliphatic rings. The Morgan fingerprint density at radius 1 is 0.692 bits per heavy atom. The molecule has 0 radical (unpaired) electrons. The average molecular weight is 520 g/mol. The summed E-state index contributed by atoms with van der Waals surface area (Å²) in [5, 5.41) is 12.0. The Bertz CT molecular complexity index is 1500. The fraction of sp³-hybridized carbons (Fsp3) is 0.156. The summed E-state index contributed by atoms with van der Waals surface area (Å²) in [5.74, 6) is -2.26. The Labute approximate surface area is 225 Å². The fourth-order valence-corrected chi connectivity index (χ4v) is 5.56. The second-order valence-electron chi connectivity index (χ2n) is 9.61. The number of amides is 1. The quantitative estimate of drug-likeness (QED) is 0.305. The summed E-state index contributed by atoms with van der Waals surface area (Å²) in [4.78, 5) is 37.4. The van der Waals surface area contributed by atoms with Gasteiger partial charge in [-0.15, -0.1) is 0 Å². The van der Waals surface area contributed by atoms with E-state index in [9.17, 15) is 19.5 Å². The third kappa shape index (κ3) is 4.52. The van der Waals surface area contributed by atoms with E-state index in [-0.39, 0.29) is 12.5 Å². The molecular weight excluding hydrogens is 494 g/mol.